The summed E-state index contributed by atoms with van der Waals surface area (Å²) in [4.78, 5) is 35.5. The van der Waals surface area contributed by atoms with Crippen molar-refractivity contribution in [2.75, 3.05) is 49.1 Å². The third-order valence-corrected chi connectivity index (χ3v) is 6.67. The van der Waals surface area contributed by atoms with Gasteiger partial charge in [-0.3, -0.25) is 25.0 Å². The lowest BCUT2D eigenvalue weighted by Gasteiger charge is -2.34. The molecule has 2 aromatic carbocycles. The van der Waals surface area contributed by atoms with Crippen LogP contribution in [0.1, 0.15) is 36.8 Å². The zero-order chi connectivity index (χ0) is 28.4. The molecule has 39 heavy (non-hydrogen) atoms. The van der Waals surface area contributed by atoms with Gasteiger partial charge in [-0.1, -0.05) is 0 Å². The van der Waals surface area contributed by atoms with Crippen molar-refractivity contribution in [3.8, 4) is 12.1 Å². The predicted molar refractivity (Wildman–Crippen MR) is 142 cm³/mol. The first-order valence-electron chi connectivity index (χ1n) is 12.5. The number of nitrogens with zero attached hydrogens (tertiary/aromatic N) is 6. The van der Waals surface area contributed by atoms with Crippen LogP contribution in [0.15, 0.2) is 36.4 Å². The number of hydrogen-bond acceptors (Lipinski definition) is 11. The second kappa shape index (κ2) is 13.8. The molecule has 204 valence electrons. The summed E-state index contributed by atoms with van der Waals surface area (Å²) in [5.74, 6) is 0.215. The molecule has 0 saturated carbocycles. The molecule has 2 aliphatic heterocycles. The molecule has 2 fully saturated rings. The van der Waals surface area contributed by atoms with Crippen molar-refractivity contribution in [3.05, 3.63) is 67.8 Å². The summed E-state index contributed by atoms with van der Waals surface area (Å²) in [5, 5.41) is 51.7. The SMILES string of the molecule is N#Cc1cc([N+](=O)[O-])ccc1N1CCC(=O)CC1.N#Cc1cc([N+](=O)[O-])ccc1N1CCC(NCCO)CC1. The normalized spacial score (nSPS) is 15.5. The van der Waals surface area contributed by atoms with E-state index >= 15 is 0 Å². The van der Waals surface area contributed by atoms with E-state index in [1.807, 2.05) is 17.0 Å². The zero-order valence-corrected chi connectivity index (χ0v) is 21.3. The van der Waals surface area contributed by atoms with E-state index in [2.05, 4.69) is 10.2 Å². The molecule has 13 nitrogen and oxygen atoms in total. The Hall–Kier alpha value is -4.59. The minimum absolute atomic E-state index is 0.0604. The number of piperidine rings is 2. The van der Waals surface area contributed by atoms with E-state index in [9.17, 15) is 30.3 Å². The van der Waals surface area contributed by atoms with Gasteiger partial charge in [0.1, 0.15) is 17.9 Å². The summed E-state index contributed by atoms with van der Waals surface area (Å²) in [6.45, 7) is 3.41. The first kappa shape index (κ1) is 29.0. The van der Waals surface area contributed by atoms with Gasteiger partial charge in [0.05, 0.1) is 39.0 Å². The van der Waals surface area contributed by atoms with Crippen LogP contribution in [-0.4, -0.2) is 66.1 Å². The fourth-order valence-electron chi connectivity index (χ4n) is 4.60. The number of nitriles is 2. The highest BCUT2D eigenvalue weighted by atomic mass is 16.6. The quantitative estimate of drug-likeness (QED) is 0.391. The van der Waals surface area contributed by atoms with E-state index in [-0.39, 0.29) is 29.3 Å². The van der Waals surface area contributed by atoms with Crippen LogP contribution >= 0.6 is 0 Å². The maximum atomic E-state index is 11.2. The largest absolute Gasteiger partial charge is 0.395 e. The molecule has 0 radical (unpaired) electrons. The molecule has 0 amide bonds. The lowest BCUT2D eigenvalue weighted by molar-refractivity contribution is -0.385. The standard InChI is InChI=1S/C14H18N4O3.C12H11N3O3/c15-10-11-9-13(18(20)21)1-2-14(11)17-6-3-12(4-7-17)16-5-8-19;13-8-9-7-10(15(17)18)1-2-12(9)14-5-3-11(16)4-6-14/h1-2,9,12,16,19H,3-8H2;1-2,7H,3-6H2. The average molecular weight is 536 g/mol. The summed E-state index contributed by atoms with van der Waals surface area (Å²) in [5.41, 5.74) is 1.88. The minimum Gasteiger partial charge on any atom is -0.395 e. The van der Waals surface area contributed by atoms with Gasteiger partial charge >= 0.3 is 0 Å². The number of anilines is 2. The number of benzene rings is 2. The summed E-state index contributed by atoms with van der Waals surface area (Å²) >= 11 is 0. The van der Waals surface area contributed by atoms with Crippen molar-refractivity contribution < 1.29 is 19.7 Å². The van der Waals surface area contributed by atoms with Crippen LogP contribution < -0.4 is 15.1 Å². The van der Waals surface area contributed by atoms with Gasteiger partial charge in [0, 0.05) is 75.9 Å². The number of ketones is 1. The molecule has 0 spiro atoms. The van der Waals surface area contributed by atoms with Crippen molar-refractivity contribution in [1.29, 1.82) is 10.5 Å². The van der Waals surface area contributed by atoms with E-state index < -0.39 is 9.85 Å². The minimum atomic E-state index is -0.523. The molecule has 4 rings (SSSR count). The Kier molecular flexibility index (Phi) is 10.3. The molecule has 0 aliphatic carbocycles. The molecule has 0 bridgehead atoms. The van der Waals surface area contributed by atoms with Crippen molar-refractivity contribution in [3.63, 3.8) is 0 Å². The summed E-state index contributed by atoms with van der Waals surface area (Å²) in [6.07, 6.45) is 2.76. The Bertz CT molecular complexity index is 1280. The smallest absolute Gasteiger partial charge is 0.270 e. The van der Waals surface area contributed by atoms with Gasteiger partial charge in [-0.2, -0.15) is 10.5 Å². The third-order valence-electron chi connectivity index (χ3n) is 6.67. The molecule has 0 unspecified atom stereocenters. The molecular weight excluding hydrogens is 506 g/mol. The van der Waals surface area contributed by atoms with E-state index in [0.717, 1.165) is 31.6 Å². The highest BCUT2D eigenvalue weighted by Crippen LogP contribution is 2.28. The topological polar surface area (TPSA) is 190 Å². The van der Waals surface area contributed by atoms with E-state index in [1.165, 1.54) is 24.3 Å². The molecule has 2 saturated heterocycles. The molecule has 13 heteroatoms. The van der Waals surface area contributed by atoms with Crippen LogP contribution in [0.4, 0.5) is 22.7 Å². The Balaban J connectivity index is 0.000000218. The molecule has 2 N–H and O–H groups in total. The van der Waals surface area contributed by atoms with Crippen LogP contribution in [0.2, 0.25) is 0 Å². The first-order chi connectivity index (χ1) is 18.8. The molecule has 2 heterocycles. The number of hydrogen-bond donors (Lipinski definition) is 2. The zero-order valence-electron chi connectivity index (χ0n) is 21.3. The maximum Gasteiger partial charge on any atom is 0.270 e. The van der Waals surface area contributed by atoms with Gasteiger partial charge in [0.25, 0.3) is 11.4 Å². The maximum absolute atomic E-state index is 11.2. The number of Topliss-reactive ketones (excluding diaryl/α,β-unsaturated/α-hetero) is 1. The predicted octanol–water partition coefficient (Wildman–Crippen LogP) is 2.65. The average Bonchev–Trinajstić information content (AvgIpc) is 2.96. The Morgan fingerprint density at radius 1 is 0.872 bits per heavy atom. The Labute approximate surface area is 225 Å². The van der Waals surface area contributed by atoms with Crippen molar-refractivity contribution >= 4 is 28.5 Å². The molecule has 0 aromatic heterocycles. The molecule has 0 atom stereocenters. The summed E-state index contributed by atoms with van der Waals surface area (Å²) in [6, 6.07) is 13.0. The number of rotatable bonds is 7. The van der Waals surface area contributed by atoms with Crippen molar-refractivity contribution in [2.24, 2.45) is 0 Å². The lowest BCUT2D eigenvalue weighted by atomic mass is 10.0. The fourth-order valence-corrected chi connectivity index (χ4v) is 4.60. The number of carbonyl (C=O) groups excluding carboxylic acids is 1. The van der Waals surface area contributed by atoms with Crippen LogP contribution in [0.5, 0.6) is 0 Å². The van der Waals surface area contributed by atoms with Crippen LogP contribution in [0.3, 0.4) is 0 Å². The van der Waals surface area contributed by atoms with Crippen LogP contribution in [-0.2, 0) is 4.79 Å². The Morgan fingerprint density at radius 2 is 1.33 bits per heavy atom. The van der Waals surface area contributed by atoms with Gasteiger partial charge in [0.2, 0.25) is 0 Å². The number of aliphatic hydroxyl groups is 1. The fraction of sp³-hybridized carbons (Fsp3) is 0.423. The van der Waals surface area contributed by atoms with E-state index in [0.29, 0.717) is 49.8 Å². The third kappa shape index (κ3) is 7.70. The number of aliphatic hydroxyl groups excluding tert-OH is 1. The van der Waals surface area contributed by atoms with Crippen molar-refractivity contribution in [2.45, 2.75) is 31.7 Å². The van der Waals surface area contributed by atoms with Gasteiger partial charge in [-0.25, -0.2) is 0 Å². The number of nitro groups is 2. The van der Waals surface area contributed by atoms with Gasteiger partial charge in [-0.15, -0.1) is 0 Å². The van der Waals surface area contributed by atoms with E-state index in [4.69, 9.17) is 10.4 Å². The number of nitrogens with one attached hydrogen (secondary N) is 1. The molecule has 2 aromatic rings. The first-order valence-corrected chi connectivity index (χ1v) is 12.5. The second-order valence-electron chi connectivity index (χ2n) is 9.11. The number of non-ortho nitro benzene ring substituents is 2. The van der Waals surface area contributed by atoms with Crippen LogP contribution in [0, 0.1) is 42.9 Å². The lowest BCUT2D eigenvalue weighted by Crippen LogP contribution is -2.43. The summed E-state index contributed by atoms with van der Waals surface area (Å²) in [7, 11) is 0. The van der Waals surface area contributed by atoms with Gasteiger partial charge < -0.3 is 20.2 Å². The van der Waals surface area contributed by atoms with Crippen molar-refractivity contribution in [1.82, 2.24) is 5.32 Å². The number of carbonyl (C=O) groups is 1. The Morgan fingerprint density at radius 3 is 1.74 bits per heavy atom. The van der Waals surface area contributed by atoms with Gasteiger partial charge in [0.15, 0.2) is 0 Å². The summed E-state index contributed by atoms with van der Waals surface area (Å²) < 4.78 is 0. The number of nitro benzene ring substituents is 2. The van der Waals surface area contributed by atoms with Crippen LogP contribution in [0.25, 0.3) is 0 Å². The highest BCUT2D eigenvalue weighted by molar-refractivity contribution is 5.81. The highest BCUT2D eigenvalue weighted by Gasteiger charge is 2.22. The van der Waals surface area contributed by atoms with E-state index in [1.54, 1.807) is 12.1 Å². The molecule has 2 aliphatic rings. The molecular formula is C26H29N7O6. The monoisotopic (exact) mass is 535 g/mol. The van der Waals surface area contributed by atoms with Gasteiger partial charge in [-0.05, 0) is 25.0 Å². The second-order valence-corrected chi connectivity index (χ2v) is 9.11.